The van der Waals surface area contributed by atoms with Crippen molar-refractivity contribution < 1.29 is 24.1 Å². The number of carbonyl (C=O) groups is 1. The van der Waals surface area contributed by atoms with Gasteiger partial charge in [-0.05, 0) is 48.2 Å². The molecule has 2 aromatic carbocycles. The number of aliphatic hydroxyl groups is 1. The number of fused-ring (bicyclic) bond motifs is 1. The number of unbranched alkanes of at least 4 members (excludes halogenated alkanes) is 1. The van der Waals surface area contributed by atoms with Gasteiger partial charge in [-0.3, -0.25) is 0 Å². The third kappa shape index (κ3) is 6.77. The van der Waals surface area contributed by atoms with E-state index in [1.165, 1.54) is 0 Å². The molecule has 4 N–H and O–H groups in total. The number of hydrogen-bond acceptors (Lipinski definition) is 6. The molecular weight excluding hydrogens is 398 g/mol. The quantitative estimate of drug-likeness (QED) is 0.474. The van der Waals surface area contributed by atoms with E-state index >= 15 is 0 Å². The first kappa shape index (κ1) is 22.7. The van der Waals surface area contributed by atoms with Crippen molar-refractivity contribution in [2.24, 2.45) is 5.73 Å². The number of urea groups is 1. The number of benzene rings is 2. The Morgan fingerprint density at radius 1 is 1.13 bits per heavy atom. The monoisotopic (exact) mass is 429 g/mol. The summed E-state index contributed by atoms with van der Waals surface area (Å²) in [5.74, 6) is 2.19. The Balaban J connectivity index is 1.62. The van der Waals surface area contributed by atoms with Crippen LogP contribution in [-0.4, -0.2) is 49.1 Å². The summed E-state index contributed by atoms with van der Waals surface area (Å²) in [4.78, 5) is 14.7. The van der Waals surface area contributed by atoms with E-state index in [0.717, 1.165) is 41.9 Å². The number of rotatable bonds is 11. The van der Waals surface area contributed by atoms with Gasteiger partial charge in [-0.2, -0.15) is 0 Å². The van der Waals surface area contributed by atoms with Crippen molar-refractivity contribution in [1.82, 2.24) is 10.2 Å². The van der Waals surface area contributed by atoms with E-state index in [9.17, 15) is 4.79 Å². The SMILES string of the molecule is COc1ccc(CN(Cc2ccc3c(c2)OCO3)C(=O)NCCCCC(N)CO)cc1. The van der Waals surface area contributed by atoms with E-state index in [1.807, 2.05) is 42.5 Å². The van der Waals surface area contributed by atoms with E-state index in [4.69, 9.17) is 25.1 Å². The van der Waals surface area contributed by atoms with Crippen molar-refractivity contribution in [3.63, 3.8) is 0 Å². The molecule has 1 unspecified atom stereocenters. The van der Waals surface area contributed by atoms with Crippen LogP contribution in [0.2, 0.25) is 0 Å². The first-order chi connectivity index (χ1) is 15.1. The molecular formula is C23H31N3O5. The number of carbonyl (C=O) groups excluding carboxylic acids is 1. The second-order valence-electron chi connectivity index (χ2n) is 7.56. The van der Waals surface area contributed by atoms with Crippen LogP contribution in [0.1, 0.15) is 30.4 Å². The summed E-state index contributed by atoms with van der Waals surface area (Å²) >= 11 is 0. The summed E-state index contributed by atoms with van der Waals surface area (Å²) < 4.78 is 16.1. The Kier molecular flexibility index (Phi) is 8.37. The smallest absolute Gasteiger partial charge is 0.318 e. The summed E-state index contributed by atoms with van der Waals surface area (Å²) in [6, 6.07) is 13.1. The van der Waals surface area contributed by atoms with Gasteiger partial charge in [0.05, 0.1) is 13.7 Å². The molecule has 168 valence electrons. The first-order valence-electron chi connectivity index (χ1n) is 10.5. The van der Waals surface area contributed by atoms with Gasteiger partial charge in [0.2, 0.25) is 6.79 Å². The second-order valence-corrected chi connectivity index (χ2v) is 7.56. The Hall–Kier alpha value is -2.97. The number of nitrogens with zero attached hydrogens (tertiary/aromatic N) is 1. The highest BCUT2D eigenvalue weighted by molar-refractivity contribution is 5.74. The molecule has 3 rings (SSSR count). The average Bonchev–Trinajstić information content (AvgIpc) is 3.26. The normalized spacial score (nSPS) is 13.0. The first-order valence-corrected chi connectivity index (χ1v) is 10.5. The lowest BCUT2D eigenvalue weighted by Gasteiger charge is -2.24. The van der Waals surface area contributed by atoms with E-state index in [2.05, 4.69) is 5.32 Å². The van der Waals surface area contributed by atoms with Crippen LogP contribution in [0.15, 0.2) is 42.5 Å². The Bertz CT molecular complexity index is 844. The Morgan fingerprint density at radius 3 is 2.58 bits per heavy atom. The fraction of sp³-hybridized carbons (Fsp3) is 0.435. The molecule has 0 aromatic heterocycles. The van der Waals surface area contributed by atoms with E-state index in [1.54, 1.807) is 12.0 Å². The lowest BCUT2D eigenvalue weighted by Crippen LogP contribution is -2.39. The van der Waals surface area contributed by atoms with Gasteiger partial charge in [-0.1, -0.05) is 24.6 Å². The predicted molar refractivity (Wildman–Crippen MR) is 117 cm³/mol. The van der Waals surface area contributed by atoms with Crippen LogP contribution < -0.4 is 25.3 Å². The number of aliphatic hydroxyl groups excluding tert-OH is 1. The predicted octanol–water partition coefficient (Wildman–Crippen LogP) is 2.63. The fourth-order valence-electron chi connectivity index (χ4n) is 3.34. The maximum Gasteiger partial charge on any atom is 0.318 e. The molecule has 1 atom stereocenters. The molecule has 8 nitrogen and oxygen atoms in total. The maximum atomic E-state index is 12.9. The van der Waals surface area contributed by atoms with Crippen LogP contribution in [0.3, 0.4) is 0 Å². The zero-order chi connectivity index (χ0) is 22.1. The van der Waals surface area contributed by atoms with E-state index < -0.39 is 0 Å². The van der Waals surface area contributed by atoms with Crippen molar-refractivity contribution >= 4 is 6.03 Å². The number of nitrogens with one attached hydrogen (secondary N) is 1. The summed E-state index contributed by atoms with van der Waals surface area (Å²) in [7, 11) is 1.63. The molecule has 2 amide bonds. The van der Waals surface area contributed by atoms with Crippen molar-refractivity contribution in [3.8, 4) is 17.2 Å². The zero-order valence-electron chi connectivity index (χ0n) is 17.9. The van der Waals surface area contributed by atoms with Crippen molar-refractivity contribution in [2.45, 2.75) is 38.4 Å². The highest BCUT2D eigenvalue weighted by Gasteiger charge is 2.18. The molecule has 0 spiro atoms. The molecule has 1 aliphatic rings. The van der Waals surface area contributed by atoms with Crippen LogP contribution in [0.4, 0.5) is 4.79 Å². The van der Waals surface area contributed by atoms with Crippen LogP contribution in [0.5, 0.6) is 17.2 Å². The second kappa shape index (κ2) is 11.4. The summed E-state index contributed by atoms with van der Waals surface area (Å²) in [5.41, 5.74) is 7.69. The molecule has 2 aromatic rings. The summed E-state index contributed by atoms with van der Waals surface area (Å²) in [5, 5.41) is 12.0. The molecule has 0 aliphatic carbocycles. The van der Waals surface area contributed by atoms with Crippen molar-refractivity contribution in [1.29, 1.82) is 0 Å². The van der Waals surface area contributed by atoms with Gasteiger partial charge in [0, 0.05) is 25.7 Å². The highest BCUT2D eigenvalue weighted by Crippen LogP contribution is 2.33. The number of amides is 2. The Labute approximate surface area is 182 Å². The molecule has 1 aliphatic heterocycles. The van der Waals surface area contributed by atoms with Gasteiger partial charge < -0.3 is 35.3 Å². The van der Waals surface area contributed by atoms with Crippen molar-refractivity contribution in [3.05, 3.63) is 53.6 Å². The molecule has 31 heavy (non-hydrogen) atoms. The summed E-state index contributed by atoms with van der Waals surface area (Å²) in [6.45, 7) is 1.65. The molecule has 8 heteroatoms. The summed E-state index contributed by atoms with van der Waals surface area (Å²) in [6.07, 6.45) is 2.39. The molecule has 0 fully saturated rings. The number of methoxy groups -OCH3 is 1. The molecule has 1 heterocycles. The van der Waals surface area contributed by atoms with Gasteiger partial charge in [0.15, 0.2) is 11.5 Å². The fourth-order valence-corrected chi connectivity index (χ4v) is 3.34. The maximum absolute atomic E-state index is 12.9. The van der Waals surface area contributed by atoms with Gasteiger partial charge in [0.1, 0.15) is 5.75 Å². The lowest BCUT2D eigenvalue weighted by molar-refractivity contribution is 0.173. The minimum atomic E-state index is -0.201. The number of ether oxygens (including phenoxy) is 3. The lowest BCUT2D eigenvalue weighted by atomic mass is 10.1. The van der Waals surface area contributed by atoms with Gasteiger partial charge in [0.25, 0.3) is 0 Å². The molecule has 0 radical (unpaired) electrons. The number of nitrogens with two attached hydrogens (primary N) is 1. The van der Waals surface area contributed by atoms with Crippen LogP contribution in [0.25, 0.3) is 0 Å². The third-order valence-electron chi connectivity index (χ3n) is 5.14. The minimum absolute atomic E-state index is 0.0163. The van der Waals surface area contributed by atoms with Crippen LogP contribution in [-0.2, 0) is 13.1 Å². The largest absolute Gasteiger partial charge is 0.497 e. The molecule has 0 saturated heterocycles. The van der Waals surface area contributed by atoms with E-state index in [0.29, 0.717) is 25.4 Å². The van der Waals surface area contributed by atoms with E-state index in [-0.39, 0.29) is 25.5 Å². The third-order valence-corrected chi connectivity index (χ3v) is 5.14. The van der Waals surface area contributed by atoms with Crippen LogP contribution in [0, 0.1) is 0 Å². The molecule has 0 saturated carbocycles. The average molecular weight is 430 g/mol. The highest BCUT2D eigenvalue weighted by atomic mass is 16.7. The standard InChI is InChI=1S/C23H31N3O5/c1-29-20-8-5-17(6-9-20)13-26(23(28)25-11-3-2-4-19(24)15-27)14-18-7-10-21-22(12-18)31-16-30-21/h5-10,12,19,27H,2-4,11,13-16,24H2,1H3,(H,25,28). The number of hydrogen-bond donors (Lipinski definition) is 3. The van der Waals surface area contributed by atoms with Gasteiger partial charge in [-0.15, -0.1) is 0 Å². The zero-order valence-corrected chi connectivity index (χ0v) is 17.9. The van der Waals surface area contributed by atoms with Gasteiger partial charge >= 0.3 is 6.03 Å². The minimum Gasteiger partial charge on any atom is -0.497 e. The van der Waals surface area contributed by atoms with Crippen molar-refractivity contribution in [2.75, 3.05) is 27.1 Å². The Morgan fingerprint density at radius 2 is 1.84 bits per heavy atom. The van der Waals surface area contributed by atoms with Crippen LogP contribution >= 0.6 is 0 Å². The van der Waals surface area contributed by atoms with Gasteiger partial charge in [-0.25, -0.2) is 4.79 Å². The molecule has 0 bridgehead atoms. The topological polar surface area (TPSA) is 106 Å².